The first-order valence-electron chi connectivity index (χ1n) is 12.1. The van der Waals surface area contributed by atoms with Gasteiger partial charge in [-0.2, -0.15) is 0 Å². The highest BCUT2D eigenvalue weighted by Crippen LogP contribution is 2.28. The Balaban J connectivity index is 0.00000184. The van der Waals surface area contributed by atoms with Crippen molar-refractivity contribution in [2.24, 2.45) is 0 Å². The molecular weight excluding hydrogens is 362 g/mol. The average Bonchev–Trinajstić information content (AvgIpc) is 2.70. The van der Waals surface area contributed by atoms with Crippen molar-refractivity contribution in [2.75, 3.05) is 53.0 Å². The summed E-state index contributed by atoms with van der Waals surface area (Å²) in [7, 11) is 2.22. The second-order valence-corrected chi connectivity index (χ2v) is 9.58. The van der Waals surface area contributed by atoms with Crippen LogP contribution in [0.25, 0.3) is 0 Å². The summed E-state index contributed by atoms with van der Waals surface area (Å²) in [5.74, 6) is 0. The van der Waals surface area contributed by atoms with E-state index in [9.17, 15) is 5.11 Å². The molecule has 2 heterocycles. The van der Waals surface area contributed by atoms with Gasteiger partial charge in [0.15, 0.2) is 0 Å². The van der Waals surface area contributed by atoms with Gasteiger partial charge in [0.05, 0.1) is 12.2 Å². The van der Waals surface area contributed by atoms with E-state index in [4.69, 9.17) is 4.74 Å². The SMILES string of the molecule is CC.CC.CN1CCC(N2CCN(C(C)(C)CCOC(C)(C)C)C(CO)C2)CC1. The van der Waals surface area contributed by atoms with Crippen molar-refractivity contribution in [1.82, 2.24) is 14.7 Å². The predicted octanol–water partition coefficient (Wildman–Crippen LogP) is 4.10. The molecule has 0 aromatic carbocycles. The normalized spacial score (nSPS) is 23.1. The van der Waals surface area contributed by atoms with Crippen molar-refractivity contribution in [2.45, 2.75) is 105 Å². The zero-order valence-electron chi connectivity index (χ0n) is 21.4. The van der Waals surface area contributed by atoms with Gasteiger partial charge in [-0.25, -0.2) is 0 Å². The molecule has 5 nitrogen and oxygen atoms in total. The molecule has 2 rings (SSSR count). The molecule has 1 unspecified atom stereocenters. The van der Waals surface area contributed by atoms with Crippen LogP contribution in [0.3, 0.4) is 0 Å². The number of rotatable bonds is 6. The fourth-order valence-corrected chi connectivity index (χ4v) is 4.27. The Morgan fingerprint density at radius 1 is 0.897 bits per heavy atom. The van der Waals surface area contributed by atoms with Gasteiger partial charge >= 0.3 is 0 Å². The maximum atomic E-state index is 10.0. The molecule has 29 heavy (non-hydrogen) atoms. The van der Waals surface area contributed by atoms with E-state index in [-0.39, 0.29) is 23.8 Å². The van der Waals surface area contributed by atoms with Gasteiger partial charge in [0.25, 0.3) is 0 Å². The van der Waals surface area contributed by atoms with Gasteiger partial charge in [-0.1, -0.05) is 27.7 Å². The summed E-state index contributed by atoms with van der Waals surface area (Å²) in [4.78, 5) is 7.57. The Morgan fingerprint density at radius 3 is 1.93 bits per heavy atom. The lowest BCUT2D eigenvalue weighted by atomic mass is 9.93. The Morgan fingerprint density at radius 2 is 1.45 bits per heavy atom. The first-order valence-corrected chi connectivity index (χ1v) is 12.1. The number of hydrogen-bond acceptors (Lipinski definition) is 5. The van der Waals surface area contributed by atoms with Crippen LogP contribution < -0.4 is 0 Å². The van der Waals surface area contributed by atoms with Crippen LogP contribution in [0.1, 0.15) is 81.6 Å². The van der Waals surface area contributed by atoms with Gasteiger partial charge in [0.2, 0.25) is 0 Å². The number of likely N-dealkylation sites (tertiary alicyclic amines) is 1. The van der Waals surface area contributed by atoms with Crippen LogP contribution in [0.4, 0.5) is 0 Å². The molecule has 0 amide bonds. The average molecular weight is 416 g/mol. The number of aliphatic hydroxyl groups is 1. The highest BCUT2D eigenvalue weighted by Gasteiger charge is 2.38. The standard InChI is InChI=1S/C20H41N3O2.2C2H6/c1-19(2,3)25-14-9-20(4,5)23-13-12-22(15-18(23)16-24)17-7-10-21(6)11-8-17;2*1-2/h17-18,24H,7-16H2,1-6H3;2*1-2H3. The van der Waals surface area contributed by atoms with Crippen molar-refractivity contribution in [3.8, 4) is 0 Å². The van der Waals surface area contributed by atoms with Gasteiger partial charge in [-0.3, -0.25) is 9.80 Å². The molecule has 176 valence electrons. The Hall–Kier alpha value is -0.200. The number of aliphatic hydroxyl groups excluding tert-OH is 1. The molecule has 5 heteroatoms. The summed E-state index contributed by atoms with van der Waals surface area (Å²) in [6.07, 6.45) is 3.52. The second-order valence-electron chi connectivity index (χ2n) is 9.58. The number of hydrogen-bond donors (Lipinski definition) is 1. The summed E-state index contributed by atoms with van der Waals surface area (Å²) in [6.45, 7) is 25.5. The van der Waals surface area contributed by atoms with E-state index in [1.54, 1.807) is 0 Å². The third-order valence-electron chi connectivity index (χ3n) is 5.96. The van der Waals surface area contributed by atoms with E-state index in [2.05, 4.69) is 56.4 Å². The quantitative estimate of drug-likeness (QED) is 0.707. The van der Waals surface area contributed by atoms with Crippen molar-refractivity contribution in [1.29, 1.82) is 0 Å². The van der Waals surface area contributed by atoms with E-state index in [0.717, 1.165) is 32.7 Å². The van der Waals surface area contributed by atoms with E-state index in [0.29, 0.717) is 6.04 Å². The molecule has 0 bridgehead atoms. The van der Waals surface area contributed by atoms with Gasteiger partial charge in [-0.15, -0.1) is 0 Å². The smallest absolute Gasteiger partial charge is 0.0599 e. The molecule has 0 saturated carbocycles. The van der Waals surface area contributed by atoms with E-state index in [1.807, 2.05) is 27.7 Å². The topological polar surface area (TPSA) is 39.2 Å². The minimum atomic E-state index is -0.0840. The van der Waals surface area contributed by atoms with E-state index in [1.165, 1.54) is 25.9 Å². The maximum Gasteiger partial charge on any atom is 0.0599 e. The summed E-state index contributed by atoms with van der Waals surface area (Å²) >= 11 is 0. The van der Waals surface area contributed by atoms with Crippen molar-refractivity contribution < 1.29 is 9.84 Å². The minimum Gasteiger partial charge on any atom is -0.395 e. The third-order valence-corrected chi connectivity index (χ3v) is 5.96. The fourth-order valence-electron chi connectivity index (χ4n) is 4.27. The predicted molar refractivity (Wildman–Crippen MR) is 127 cm³/mol. The fraction of sp³-hybridized carbons (Fsp3) is 1.00. The molecule has 0 radical (unpaired) electrons. The second kappa shape index (κ2) is 14.0. The molecule has 2 fully saturated rings. The molecule has 0 spiro atoms. The van der Waals surface area contributed by atoms with E-state index < -0.39 is 0 Å². The zero-order chi connectivity index (χ0) is 22.7. The van der Waals surface area contributed by atoms with Gasteiger partial charge < -0.3 is 14.7 Å². The van der Waals surface area contributed by atoms with E-state index >= 15 is 0 Å². The van der Waals surface area contributed by atoms with Crippen LogP contribution in [0.15, 0.2) is 0 Å². The minimum absolute atomic E-state index is 0.0531. The van der Waals surface area contributed by atoms with Crippen LogP contribution in [-0.2, 0) is 4.74 Å². The Bertz CT molecular complexity index is 401. The number of piperidine rings is 1. The van der Waals surface area contributed by atoms with Crippen molar-refractivity contribution in [3.05, 3.63) is 0 Å². The van der Waals surface area contributed by atoms with Crippen LogP contribution in [0.5, 0.6) is 0 Å². The first-order chi connectivity index (χ1) is 13.6. The highest BCUT2D eigenvalue weighted by molar-refractivity contribution is 4.94. The molecular formula is C24H53N3O2. The number of ether oxygens (including phenoxy) is 1. The summed E-state index contributed by atoms with van der Waals surface area (Å²) in [6, 6.07) is 0.928. The third kappa shape index (κ3) is 10.1. The van der Waals surface area contributed by atoms with Crippen LogP contribution in [0.2, 0.25) is 0 Å². The number of piperazine rings is 1. The lowest BCUT2D eigenvalue weighted by Crippen LogP contribution is -2.63. The first kappa shape index (κ1) is 28.8. The molecule has 0 aliphatic carbocycles. The zero-order valence-corrected chi connectivity index (χ0v) is 21.4. The van der Waals surface area contributed by atoms with Crippen LogP contribution in [0, 0.1) is 0 Å². The lowest BCUT2D eigenvalue weighted by Gasteiger charge is -2.51. The molecule has 0 aromatic heterocycles. The molecule has 1 atom stereocenters. The Labute approximate surface area is 182 Å². The Kier molecular flexibility index (Phi) is 13.9. The van der Waals surface area contributed by atoms with Crippen molar-refractivity contribution in [3.63, 3.8) is 0 Å². The molecule has 2 aliphatic rings. The van der Waals surface area contributed by atoms with Crippen molar-refractivity contribution >= 4 is 0 Å². The number of nitrogens with zero attached hydrogens (tertiary/aromatic N) is 3. The molecule has 2 aliphatic heterocycles. The summed E-state index contributed by atoms with van der Waals surface area (Å²) < 4.78 is 5.95. The summed E-state index contributed by atoms with van der Waals surface area (Å²) in [5.41, 5.74) is -0.0309. The highest BCUT2D eigenvalue weighted by atomic mass is 16.5. The van der Waals surface area contributed by atoms with Gasteiger partial charge in [0.1, 0.15) is 0 Å². The monoisotopic (exact) mass is 415 g/mol. The maximum absolute atomic E-state index is 10.0. The summed E-state index contributed by atoms with van der Waals surface area (Å²) in [5, 5.41) is 10.0. The van der Waals surface area contributed by atoms with Crippen LogP contribution >= 0.6 is 0 Å². The molecule has 0 aromatic rings. The largest absolute Gasteiger partial charge is 0.395 e. The lowest BCUT2D eigenvalue weighted by molar-refractivity contribution is -0.0641. The molecule has 2 saturated heterocycles. The molecule has 1 N–H and O–H groups in total. The van der Waals surface area contributed by atoms with Gasteiger partial charge in [-0.05, 0) is 74.0 Å². The van der Waals surface area contributed by atoms with Gasteiger partial charge in [0, 0.05) is 43.9 Å². The van der Waals surface area contributed by atoms with Crippen LogP contribution in [-0.4, -0.2) is 96.0 Å².